The summed E-state index contributed by atoms with van der Waals surface area (Å²) < 4.78 is 12.9. The van der Waals surface area contributed by atoms with Gasteiger partial charge in [-0.2, -0.15) is 0 Å². The molecule has 3 nitrogen and oxygen atoms in total. The van der Waals surface area contributed by atoms with Crippen LogP contribution in [0.4, 0.5) is 10.1 Å². The highest BCUT2D eigenvalue weighted by Gasteiger charge is 2.46. The molecule has 1 saturated heterocycles. The van der Waals surface area contributed by atoms with Gasteiger partial charge in [0.25, 0.3) is 0 Å². The molecule has 1 aliphatic heterocycles. The van der Waals surface area contributed by atoms with Gasteiger partial charge in [-0.05, 0) is 29.8 Å². The Labute approximate surface area is 110 Å². The van der Waals surface area contributed by atoms with Crippen LogP contribution in [-0.4, -0.2) is 11.9 Å². The first-order valence-corrected chi connectivity index (χ1v) is 6.07. The smallest absolute Gasteiger partial charge is 0.247 e. The van der Waals surface area contributed by atoms with Gasteiger partial charge in [0.15, 0.2) is 0 Å². The first kappa shape index (κ1) is 11.9. The zero-order valence-electron chi connectivity index (χ0n) is 10.2. The number of nitrogens with zero attached hydrogens (tertiary/aromatic N) is 1. The van der Waals surface area contributed by atoms with Crippen molar-refractivity contribution >= 4 is 11.6 Å². The number of amides is 1. The predicted molar refractivity (Wildman–Crippen MR) is 71.0 cm³/mol. The Balaban J connectivity index is 1.96. The first-order valence-electron chi connectivity index (χ1n) is 6.07. The van der Waals surface area contributed by atoms with Crippen LogP contribution in [0.2, 0.25) is 0 Å². The number of nitrogens with two attached hydrogens (primary N) is 1. The first-order chi connectivity index (χ1) is 9.18. The number of carbonyl (C=O) groups excluding carboxylic acids is 1. The van der Waals surface area contributed by atoms with E-state index < -0.39 is 6.04 Å². The summed E-state index contributed by atoms with van der Waals surface area (Å²) in [4.78, 5) is 13.5. The number of β-lactam (4-membered cyclic amide) rings is 1. The molecule has 1 amide bonds. The quantitative estimate of drug-likeness (QED) is 0.838. The average Bonchev–Trinajstić information content (AvgIpc) is 2.46. The van der Waals surface area contributed by atoms with E-state index in [4.69, 9.17) is 5.73 Å². The van der Waals surface area contributed by atoms with E-state index in [1.807, 2.05) is 30.3 Å². The van der Waals surface area contributed by atoms with E-state index in [-0.39, 0.29) is 17.8 Å². The summed E-state index contributed by atoms with van der Waals surface area (Å²) in [7, 11) is 0. The average molecular weight is 256 g/mol. The van der Waals surface area contributed by atoms with Gasteiger partial charge in [0.2, 0.25) is 5.91 Å². The van der Waals surface area contributed by atoms with Crippen molar-refractivity contribution in [1.82, 2.24) is 0 Å². The Morgan fingerprint density at radius 2 is 1.63 bits per heavy atom. The molecule has 0 bridgehead atoms. The number of carbonyl (C=O) groups is 1. The van der Waals surface area contributed by atoms with Gasteiger partial charge in [-0.15, -0.1) is 0 Å². The fourth-order valence-electron chi connectivity index (χ4n) is 2.41. The molecule has 0 aliphatic carbocycles. The Bertz CT molecular complexity index is 597. The Hall–Kier alpha value is -2.20. The Morgan fingerprint density at radius 1 is 1.00 bits per heavy atom. The summed E-state index contributed by atoms with van der Waals surface area (Å²) in [5.74, 6) is -0.460. The zero-order valence-corrected chi connectivity index (χ0v) is 10.2. The third-order valence-corrected chi connectivity index (χ3v) is 3.39. The number of anilines is 1. The minimum atomic E-state index is -0.535. The summed E-state index contributed by atoms with van der Waals surface area (Å²) in [6.07, 6.45) is 0. The minimum Gasteiger partial charge on any atom is -0.318 e. The van der Waals surface area contributed by atoms with Gasteiger partial charge in [-0.3, -0.25) is 4.79 Å². The molecule has 3 rings (SSSR count). The molecule has 1 fully saturated rings. The van der Waals surface area contributed by atoms with Crippen molar-refractivity contribution in [3.8, 4) is 0 Å². The molecular formula is C15H13FN2O. The largest absolute Gasteiger partial charge is 0.318 e. The van der Waals surface area contributed by atoms with Gasteiger partial charge >= 0.3 is 0 Å². The van der Waals surface area contributed by atoms with E-state index in [1.165, 1.54) is 12.1 Å². The summed E-state index contributed by atoms with van der Waals surface area (Å²) in [6, 6.07) is 14.8. The topological polar surface area (TPSA) is 46.3 Å². The molecule has 96 valence electrons. The number of benzene rings is 2. The second-order valence-electron chi connectivity index (χ2n) is 4.57. The minimum absolute atomic E-state index is 0.138. The van der Waals surface area contributed by atoms with Crippen LogP contribution in [0.1, 0.15) is 11.6 Å². The fourth-order valence-corrected chi connectivity index (χ4v) is 2.41. The van der Waals surface area contributed by atoms with Crippen molar-refractivity contribution in [3.63, 3.8) is 0 Å². The monoisotopic (exact) mass is 256 g/mol. The normalized spacial score (nSPS) is 22.2. The van der Waals surface area contributed by atoms with Crippen LogP contribution in [0.25, 0.3) is 0 Å². The fraction of sp³-hybridized carbons (Fsp3) is 0.133. The molecule has 0 saturated carbocycles. The van der Waals surface area contributed by atoms with Gasteiger partial charge in [0.05, 0.1) is 6.04 Å². The molecular weight excluding hydrogens is 243 g/mol. The SMILES string of the molecule is NC1C(=O)N(c2ccc(F)cc2)C1c1ccccc1. The lowest BCUT2D eigenvalue weighted by Gasteiger charge is -2.45. The summed E-state index contributed by atoms with van der Waals surface area (Å²) in [5, 5.41) is 0. The maximum atomic E-state index is 12.9. The van der Waals surface area contributed by atoms with Crippen molar-refractivity contribution < 1.29 is 9.18 Å². The third-order valence-electron chi connectivity index (χ3n) is 3.39. The summed E-state index contributed by atoms with van der Waals surface area (Å²) in [6.45, 7) is 0. The lowest BCUT2D eigenvalue weighted by Crippen LogP contribution is -2.63. The van der Waals surface area contributed by atoms with E-state index in [1.54, 1.807) is 17.0 Å². The van der Waals surface area contributed by atoms with Crippen molar-refractivity contribution in [2.75, 3.05) is 4.90 Å². The van der Waals surface area contributed by atoms with E-state index in [0.717, 1.165) is 5.56 Å². The molecule has 2 unspecified atom stereocenters. The van der Waals surface area contributed by atoms with Gasteiger partial charge in [-0.25, -0.2) is 4.39 Å². The molecule has 0 aromatic heterocycles. The van der Waals surface area contributed by atoms with Crippen molar-refractivity contribution in [2.45, 2.75) is 12.1 Å². The van der Waals surface area contributed by atoms with E-state index in [2.05, 4.69) is 0 Å². The molecule has 0 spiro atoms. The second kappa shape index (κ2) is 4.48. The highest BCUT2D eigenvalue weighted by atomic mass is 19.1. The van der Waals surface area contributed by atoms with E-state index >= 15 is 0 Å². The number of hydrogen-bond donors (Lipinski definition) is 1. The molecule has 2 aromatic rings. The zero-order chi connectivity index (χ0) is 13.4. The van der Waals surface area contributed by atoms with Crippen LogP contribution in [0.15, 0.2) is 54.6 Å². The number of halogens is 1. The Morgan fingerprint density at radius 3 is 2.26 bits per heavy atom. The van der Waals surface area contributed by atoms with E-state index in [0.29, 0.717) is 5.69 Å². The van der Waals surface area contributed by atoms with Gasteiger partial charge in [0.1, 0.15) is 11.9 Å². The maximum Gasteiger partial charge on any atom is 0.247 e. The van der Waals surface area contributed by atoms with Gasteiger partial charge in [-0.1, -0.05) is 30.3 Å². The van der Waals surface area contributed by atoms with Gasteiger partial charge < -0.3 is 10.6 Å². The van der Waals surface area contributed by atoms with Crippen LogP contribution in [0.5, 0.6) is 0 Å². The van der Waals surface area contributed by atoms with Crippen LogP contribution >= 0.6 is 0 Å². The third kappa shape index (κ3) is 1.90. The lowest BCUT2D eigenvalue weighted by atomic mass is 9.88. The number of hydrogen-bond acceptors (Lipinski definition) is 2. The predicted octanol–water partition coefficient (Wildman–Crippen LogP) is 2.24. The molecule has 19 heavy (non-hydrogen) atoms. The maximum absolute atomic E-state index is 12.9. The van der Waals surface area contributed by atoms with Crippen LogP contribution in [-0.2, 0) is 4.79 Å². The lowest BCUT2D eigenvalue weighted by molar-refractivity contribution is -0.126. The summed E-state index contributed by atoms with van der Waals surface area (Å²) >= 11 is 0. The summed E-state index contributed by atoms with van der Waals surface area (Å²) in [5.41, 5.74) is 7.54. The Kier molecular flexibility index (Phi) is 2.80. The van der Waals surface area contributed by atoms with Crippen LogP contribution < -0.4 is 10.6 Å². The molecule has 2 aromatic carbocycles. The second-order valence-corrected chi connectivity index (χ2v) is 4.57. The molecule has 1 aliphatic rings. The molecule has 2 atom stereocenters. The molecule has 4 heteroatoms. The molecule has 1 heterocycles. The highest BCUT2D eigenvalue weighted by molar-refractivity contribution is 6.05. The van der Waals surface area contributed by atoms with Gasteiger partial charge in [0, 0.05) is 5.69 Å². The van der Waals surface area contributed by atoms with Crippen LogP contribution in [0.3, 0.4) is 0 Å². The standard InChI is InChI=1S/C15H13FN2O/c16-11-6-8-12(9-7-11)18-14(13(17)15(18)19)10-4-2-1-3-5-10/h1-9,13-14H,17H2. The van der Waals surface area contributed by atoms with Crippen LogP contribution in [0, 0.1) is 5.82 Å². The van der Waals surface area contributed by atoms with Crippen molar-refractivity contribution in [3.05, 3.63) is 66.0 Å². The molecule has 0 radical (unpaired) electrons. The highest BCUT2D eigenvalue weighted by Crippen LogP contribution is 2.37. The van der Waals surface area contributed by atoms with E-state index in [9.17, 15) is 9.18 Å². The molecule has 2 N–H and O–H groups in total. The van der Waals surface area contributed by atoms with Crippen molar-refractivity contribution in [2.24, 2.45) is 5.73 Å². The number of rotatable bonds is 2. The van der Waals surface area contributed by atoms with Crippen molar-refractivity contribution in [1.29, 1.82) is 0 Å².